The quantitative estimate of drug-likeness (QED) is 0.688. The van der Waals surface area contributed by atoms with E-state index in [1.54, 1.807) is 0 Å². The molecule has 0 heterocycles. The summed E-state index contributed by atoms with van der Waals surface area (Å²) in [6, 6.07) is 4.30. The van der Waals surface area contributed by atoms with E-state index in [2.05, 4.69) is 10.1 Å². The van der Waals surface area contributed by atoms with Crippen molar-refractivity contribution in [1.29, 1.82) is 0 Å². The van der Waals surface area contributed by atoms with Gasteiger partial charge in [-0.15, -0.1) is 0 Å². The van der Waals surface area contributed by atoms with Crippen molar-refractivity contribution in [2.45, 2.75) is 20.3 Å². The number of methoxy groups -OCH3 is 1. The van der Waals surface area contributed by atoms with Gasteiger partial charge in [0.1, 0.15) is 0 Å². The van der Waals surface area contributed by atoms with E-state index in [0.717, 1.165) is 10.6 Å². The maximum atomic E-state index is 12.2. The molecule has 1 rings (SSSR count). The van der Waals surface area contributed by atoms with Crippen LogP contribution >= 0.6 is 11.6 Å². The van der Waals surface area contributed by atoms with Crippen molar-refractivity contribution in [2.75, 3.05) is 31.8 Å². The number of halogens is 1. The van der Waals surface area contributed by atoms with Crippen LogP contribution < -0.4 is 5.32 Å². The molecule has 25 heavy (non-hydrogen) atoms. The van der Waals surface area contributed by atoms with Crippen LogP contribution in [0.25, 0.3) is 0 Å². The van der Waals surface area contributed by atoms with Gasteiger partial charge in [0.2, 0.25) is 15.9 Å². The van der Waals surface area contributed by atoms with Crippen LogP contribution in [0.1, 0.15) is 30.6 Å². The average Bonchev–Trinajstić information content (AvgIpc) is 2.51. The predicted octanol–water partition coefficient (Wildman–Crippen LogP) is 2.37. The number of nitrogens with zero attached hydrogens (tertiary/aromatic N) is 1. The molecule has 0 unspecified atom stereocenters. The lowest BCUT2D eigenvalue weighted by atomic mass is 10.1. The molecule has 0 aliphatic rings. The highest BCUT2D eigenvalue weighted by Gasteiger charge is 2.21. The molecule has 0 aliphatic carbocycles. The van der Waals surface area contributed by atoms with Crippen molar-refractivity contribution in [1.82, 2.24) is 4.31 Å². The number of nitrogens with one attached hydrogen (secondary N) is 1. The smallest absolute Gasteiger partial charge is 0.337 e. The number of anilines is 1. The number of esters is 1. The summed E-state index contributed by atoms with van der Waals surface area (Å²) < 4.78 is 29.4. The third-order valence-corrected chi connectivity index (χ3v) is 4.99. The summed E-state index contributed by atoms with van der Waals surface area (Å²) in [5.74, 6) is -0.807. The molecule has 7 nitrogen and oxygen atoms in total. The van der Waals surface area contributed by atoms with Crippen molar-refractivity contribution in [3.63, 3.8) is 0 Å². The molecule has 1 amide bonds. The van der Waals surface area contributed by atoms with Gasteiger partial charge in [0.05, 0.1) is 36.2 Å². The van der Waals surface area contributed by atoms with Gasteiger partial charge in [-0.2, -0.15) is 4.31 Å². The van der Waals surface area contributed by atoms with Crippen LogP contribution in [0.3, 0.4) is 0 Å². The van der Waals surface area contributed by atoms with Crippen molar-refractivity contribution in [3.05, 3.63) is 28.8 Å². The third kappa shape index (κ3) is 7.01. The fraction of sp³-hybridized carbons (Fsp3) is 0.500. The van der Waals surface area contributed by atoms with E-state index in [1.165, 1.54) is 25.3 Å². The Kier molecular flexibility index (Phi) is 7.85. The molecule has 1 aromatic rings. The first kappa shape index (κ1) is 21.4. The second kappa shape index (κ2) is 9.17. The van der Waals surface area contributed by atoms with Crippen molar-refractivity contribution >= 4 is 39.2 Å². The standard InChI is InChI=1S/C16H23ClN2O5S/c1-11(2)7-8-19(25(4,22)23)10-15(20)18-14-9-12(16(21)24-3)5-6-13(14)17/h5-6,9,11H,7-8,10H2,1-4H3,(H,18,20). The Balaban J connectivity index is 2.88. The van der Waals surface area contributed by atoms with E-state index in [4.69, 9.17) is 11.6 Å². The molecular weight excluding hydrogens is 368 g/mol. The maximum Gasteiger partial charge on any atom is 0.337 e. The highest BCUT2D eigenvalue weighted by molar-refractivity contribution is 7.88. The van der Waals surface area contributed by atoms with Crippen LogP contribution in [0.15, 0.2) is 18.2 Å². The first-order valence-electron chi connectivity index (χ1n) is 7.67. The zero-order valence-electron chi connectivity index (χ0n) is 14.7. The van der Waals surface area contributed by atoms with Crippen LogP contribution in [-0.2, 0) is 19.6 Å². The zero-order valence-corrected chi connectivity index (χ0v) is 16.3. The van der Waals surface area contributed by atoms with Crippen LogP contribution in [0.4, 0.5) is 5.69 Å². The minimum atomic E-state index is -3.52. The minimum Gasteiger partial charge on any atom is -0.465 e. The summed E-state index contributed by atoms with van der Waals surface area (Å²) >= 11 is 6.02. The molecule has 0 radical (unpaired) electrons. The van der Waals surface area contributed by atoms with Crippen molar-refractivity contribution in [3.8, 4) is 0 Å². The van der Waals surface area contributed by atoms with Gasteiger partial charge in [-0.25, -0.2) is 13.2 Å². The normalized spacial score (nSPS) is 11.6. The Morgan fingerprint density at radius 3 is 2.48 bits per heavy atom. The number of ether oxygens (including phenoxy) is 1. The van der Waals surface area contributed by atoms with Crippen molar-refractivity contribution in [2.24, 2.45) is 5.92 Å². The average molecular weight is 391 g/mol. The van der Waals surface area contributed by atoms with E-state index in [-0.39, 0.29) is 29.4 Å². The van der Waals surface area contributed by atoms with Crippen LogP contribution in [-0.4, -0.2) is 51.1 Å². The third-order valence-electron chi connectivity index (χ3n) is 3.41. The summed E-state index contributed by atoms with van der Waals surface area (Å²) in [7, 11) is -2.27. The van der Waals surface area contributed by atoms with Crippen LogP contribution in [0, 0.1) is 5.92 Å². The number of rotatable bonds is 8. The highest BCUT2D eigenvalue weighted by atomic mass is 35.5. The monoisotopic (exact) mass is 390 g/mol. The van der Waals surface area contributed by atoms with Gasteiger partial charge in [0.25, 0.3) is 0 Å². The molecule has 0 bridgehead atoms. The van der Waals surface area contributed by atoms with Gasteiger partial charge < -0.3 is 10.1 Å². The molecule has 0 spiro atoms. The van der Waals surface area contributed by atoms with Gasteiger partial charge in [-0.05, 0) is 30.5 Å². The maximum absolute atomic E-state index is 12.2. The summed E-state index contributed by atoms with van der Waals surface area (Å²) in [6.07, 6.45) is 1.70. The van der Waals surface area contributed by atoms with Crippen LogP contribution in [0.5, 0.6) is 0 Å². The van der Waals surface area contributed by atoms with E-state index < -0.39 is 21.9 Å². The Morgan fingerprint density at radius 2 is 1.96 bits per heavy atom. The molecule has 9 heteroatoms. The van der Waals surface area contributed by atoms with Gasteiger partial charge >= 0.3 is 5.97 Å². The molecule has 0 aromatic heterocycles. The molecule has 1 N–H and O–H groups in total. The summed E-state index contributed by atoms with van der Waals surface area (Å²) in [6.45, 7) is 3.86. The van der Waals surface area contributed by atoms with Crippen LogP contribution in [0.2, 0.25) is 5.02 Å². The molecule has 0 saturated heterocycles. The predicted molar refractivity (Wildman–Crippen MR) is 97.3 cm³/mol. The molecule has 0 aliphatic heterocycles. The van der Waals surface area contributed by atoms with E-state index >= 15 is 0 Å². The lowest BCUT2D eigenvalue weighted by Crippen LogP contribution is -2.38. The zero-order chi connectivity index (χ0) is 19.2. The molecule has 0 atom stereocenters. The summed E-state index contributed by atoms with van der Waals surface area (Å²) in [4.78, 5) is 23.8. The molecule has 1 aromatic carbocycles. The summed E-state index contributed by atoms with van der Waals surface area (Å²) in [5.41, 5.74) is 0.439. The molecular formula is C16H23ClN2O5S. The number of amides is 1. The largest absolute Gasteiger partial charge is 0.465 e. The van der Waals surface area contributed by atoms with Gasteiger partial charge in [0.15, 0.2) is 0 Å². The lowest BCUT2D eigenvalue weighted by molar-refractivity contribution is -0.116. The highest BCUT2D eigenvalue weighted by Crippen LogP contribution is 2.23. The second-order valence-electron chi connectivity index (χ2n) is 6.01. The number of carbonyl (C=O) groups excluding carboxylic acids is 2. The SMILES string of the molecule is COC(=O)c1ccc(Cl)c(NC(=O)CN(CCC(C)C)S(C)(=O)=O)c1. The van der Waals surface area contributed by atoms with E-state index in [0.29, 0.717) is 12.3 Å². The summed E-state index contributed by atoms with van der Waals surface area (Å²) in [5, 5.41) is 2.77. The number of hydrogen-bond acceptors (Lipinski definition) is 5. The fourth-order valence-corrected chi connectivity index (χ4v) is 2.93. The van der Waals surface area contributed by atoms with E-state index in [1.807, 2.05) is 13.8 Å². The Morgan fingerprint density at radius 1 is 1.32 bits per heavy atom. The number of hydrogen-bond donors (Lipinski definition) is 1. The van der Waals surface area contributed by atoms with Gasteiger partial charge in [0, 0.05) is 6.54 Å². The van der Waals surface area contributed by atoms with Crippen molar-refractivity contribution < 1.29 is 22.7 Å². The fourth-order valence-electron chi connectivity index (χ4n) is 1.98. The number of carbonyl (C=O) groups is 2. The molecule has 140 valence electrons. The number of sulfonamides is 1. The number of benzene rings is 1. The minimum absolute atomic E-state index is 0.215. The lowest BCUT2D eigenvalue weighted by Gasteiger charge is -2.20. The van der Waals surface area contributed by atoms with Gasteiger partial charge in [-0.1, -0.05) is 25.4 Å². The topological polar surface area (TPSA) is 92.8 Å². The Bertz CT molecular complexity index is 734. The molecule has 0 fully saturated rings. The Labute approximate surface area is 153 Å². The second-order valence-corrected chi connectivity index (χ2v) is 8.40. The molecule has 0 saturated carbocycles. The Hall–Kier alpha value is -1.64. The van der Waals surface area contributed by atoms with Gasteiger partial charge in [-0.3, -0.25) is 4.79 Å². The van der Waals surface area contributed by atoms with E-state index in [9.17, 15) is 18.0 Å². The first-order chi connectivity index (χ1) is 11.5. The first-order valence-corrected chi connectivity index (χ1v) is 9.90.